The number of rotatable bonds is 6. The third-order valence-electron chi connectivity index (χ3n) is 3.86. The molecule has 3 aromatic rings. The van der Waals surface area contributed by atoms with Crippen molar-refractivity contribution in [2.45, 2.75) is 23.9 Å². The molecular weight excluding hydrogens is 346 g/mol. The van der Waals surface area contributed by atoms with Crippen LogP contribution in [0.1, 0.15) is 23.3 Å². The molecule has 2 N–H and O–H groups in total. The first kappa shape index (κ1) is 18.0. The smallest absolute Gasteiger partial charge is 0.319 e. The highest BCUT2D eigenvalue weighted by molar-refractivity contribution is 7.99. The normalized spacial score (nSPS) is 11.8. The minimum Gasteiger partial charge on any atom is -0.334 e. The monoisotopic (exact) mass is 367 g/mol. The molecule has 0 aliphatic carbocycles. The average Bonchev–Trinajstić information content (AvgIpc) is 3.06. The van der Waals surface area contributed by atoms with Crippen LogP contribution in [0.25, 0.3) is 0 Å². The summed E-state index contributed by atoms with van der Waals surface area (Å²) in [5, 5.41) is 14.8. The van der Waals surface area contributed by atoms with Gasteiger partial charge in [0.25, 0.3) is 0 Å². The standard InChI is InChI=1S/C19H21N5OS/c1-14(26-19-23-21-13-24(19)2)16-9-6-10-17(11-16)22-18(25)20-12-15-7-4-3-5-8-15/h3-11,13-14H,12H2,1-2H3,(H2,20,22,25). The summed E-state index contributed by atoms with van der Waals surface area (Å²) >= 11 is 1.63. The molecule has 26 heavy (non-hydrogen) atoms. The maximum atomic E-state index is 12.1. The number of amides is 2. The Morgan fingerprint density at radius 1 is 1.19 bits per heavy atom. The molecule has 1 heterocycles. The van der Waals surface area contributed by atoms with E-state index in [1.165, 1.54) is 0 Å². The number of thioether (sulfide) groups is 1. The van der Waals surface area contributed by atoms with E-state index >= 15 is 0 Å². The fourth-order valence-electron chi connectivity index (χ4n) is 2.43. The summed E-state index contributed by atoms with van der Waals surface area (Å²) in [7, 11) is 1.92. The zero-order valence-electron chi connectivity index (χ0n) is 14.7. The van der Waals surface area contributed by atoms with Crippen molar-refractivity contribution in [1.29, 1.82) is 0 Å². The zero-order chi connectivity index (χ0) is 18.4. The molecule has 1 aromatic heterocycles. The minimum atomic E-state index is -0.223. The van der Waals surface area contributed by atoms with Crippen LogP contribution in [0.2, 0.25) is 0 Å². The largest absolute Gasteiger partial charge is 0.334 e. The van der Waals surface area contributed by atoms with Crippen molar-refractivity contribution in [3.05, 3.63) is 72.1 Å². The number of aromatic nitrogens is 3. The maximum absolute atomic E-state index is 12.1. The van der Waals surface area contributed by atoms with Crippen molar-refractivity contribution in [1.82, 2.24) is 20.1 Å². The molecule has 0 aliphatic rings. The number of carbonyl (C=O) groups excluding carboxylic acids is 1. The number of benzene rings is 2. The Bertz CT molecular complexity index is 865. The number of urea groups is 1. The summed E-state index contributed by atoms with van der Waals surface area (Å²) < 4.78 is 1.89. The van der Waals surface area contributed by atoms with Crippen molar-refractivity contribution in [2.75, 3.05) is 5.32 Å². The highest BCUT2D eigenvalue weighted by Crippen LogP contribution is 2.34. The summed E-state index contributed by atoms with van der Waals surface area (Å²) in [6.07, 6.45) is 1.68. The van der Waals surface area contributed by atoms with E-state index in [9.17, 15) is 4.79 Å². The van der Waals surface area contributed by atoms with Gasteiger partial charge in [0.1, 0.15) is 6.33 Å². The highest BCUT2D eigenvalue weighted by atomic mass is 32.2. The van der Waals surface area contributed by atoms with Gasteiger partial charge in [-0.15, -0.1) is 10.2 Å². The lowest BCUT2D eigenvalue weighted by Gasteiger charge is -2.13. The molecule has 0 fully saturated rings. The van der Waals surface area contributed by atoms with Gasteiger partial charge < -0.3 is 15.2 Å². The van der Waals surface area contributed by atoms with Crippen molar-refractivity contribution in [3.8, 4) is 0 Å². The van der Waals surface area contributed by atoms with Crippen molar-refractivity contribution in [3.63, 3.8) is 0 Å². The van der Waals surface area contributed by atoms with Crippen molar-refractivity contribution < 1.29 is 4.79 Å². The molecule has 0 saturated heterocycles. The molecule has 0 spiro atoms. The predicted octanol–water partition coefficient (Wildman–Crippen LogP) is 3.99. The van der Waals surface area contributed by atoms with Gasteiger partial charge in [-0.25, -0.2) is 4.79 Å². The number of anilines is 1. The Labute approximate surface area is 157 Å². The number of hydrogen-bond acceptors (Lipinski definition) is 4. The topological polar surface area (TPSA) is 71.8 Å². The van der Waals surface area contributed by atoms with Crippen molar-refractivity contribution in [2.24, 2.45) is 7.05 Å². The predicted molar refractivity (Wildman–Crippen MR) is 104 cm³/mol. The molecule has 0 aliphatic heterocycles. The van der Waals surface area contributed by atoms with E-state index in [1.54, 1.807) is 18.1 Å². The molecule has 1 atom stereocenters. The average molecular weight is 367 g/mol. The molecule has 6 nitrogen and oxygen atoms in total. The van der Waals surface area contributed by atoms with E-state index in [1.807, 2.05) is 66.2 Å². The van der Waals surface area contributed by atoms with Gasteiger partial charge in [-0.2, -0.15) is 0 Å². The second-order valence-corrected chi connectivity index (χ2v) is 7.21. The maximum Gasteiger partial charge on any atom is 0.319 e. The lowest BCUT2D eigenvalue weighted by molar-refractivity contribution is 0.251. The fourth-order valence-corrected chi connectivity index (χ4v) is 3.33. The van der Waals surface area contributed by atoms with Gasteiger partial charge >= 0.3 is 6.03 Å². The van der Waals surface area contributed by atoms with Crippen LogP contribution in [0.3, 0.4) is 0 Å². The quantitative estimate of drug-likeness (QED) is 0.646. The van der Waals surface area contributed by atoms with Crippen LogP contribution in [-0.4, -0.2) is 20.8 Å². The molecule has 134 valence electrons. The number of nitrogens with one attached hydrogen (secondary N) is 2. The zero-order valence-corrected chi connectivity index (χ0v) is 15.5. The van der Waals surface area contributed by atoms with E-state index in [4.69, 9.17) is 0 Å². The number of carbonyl (C=O) groups is 1. The molecule has 7 heteroatoms. The highest BCUT2D eigenvalue weighted by Gasteiger charge is 2.12. The van der Waals surface area contributed by atoms with Gasteiger partial charge in [0.15, 0.2) is 5.16 Å². The van der Waals surface area contributed by atoms with Crippen LogP contribution in [0.15, 0.2) is 66.1 Å². The molecule has 1 unspecified atom stereocenters. The SMILES string of the molecule is CC(Sc1nncn1C)c1cccc(NC(=O)NCc2ccccc2)c1. The Hall–Kier alpha value is -2.80. The fraction of sp³-hybridized carbons (Fsp3) is 0.211. The summed E-state index contributed by atoms with van der Waals surface area (Å²) in [5.41, 5.74) is 2.93. The molecule has 3 rings (SSSR count). The van der Waals surface area contributed by atoms with Gasteiger partial charge in [-0.1, -0.05) is 54.2 Å². The van der Waals surface area contributed by atoms with E-state index in [2.05, 4.69) is 27.8 Å². The second kappa shape index (κ2) is 8.53. The third-order valence-corrected chi connectivity index (χ3v) is 5.07. The Balaban J connectivity index is 1.58. The lowest BCUT2D eigenvalue weighted by atomic mass is 10.1. The Kier molecular flexibility index (Phi) is 5.91. The molecule has 2 amide bonds. The molecule has 0 bridgehead atoms. The second-order valence-electron chi connectivity index (χ2n) is 5.90. The van der Waals surface area contributed by atoms with E-state index in [0.717, 1.165) is 22.0 Å². The van der Waals surface area contributed by atoms with E-state index < -0.39 is 0 Å². The number of nitrogens with zero attached hydrogens (tertiary/aromatic N) is 3. The first-order chi connectivity index (χ1) is 12.6. The van der Waals surface area contributed by atoms with Gasteiger partial charge in [-0.3, -0.25) is 0 Å². The first-order valence-corrected chi connectivity index (χ1v) is 9.19. The molecular formula is C19H21N5OS. The van der Waals surface area contributed by atoms with Gasteiger partial charge in [0.2, 0.25) is 0 Å². The molecule has 2 aromatic carbocycles. The Morgan fingerprint density at radius 2 is 2.00 bits per heavy atom. The van der Waals surface area contributed by atoms with Crippen LogP contribution >= 0.6 is 11.8 Å². The van der Waals surface area contributed by atoms with Gasteiger partial charge in [0, 0.05) is 24.5 Å². The van der Waals surface area contributed by atoms with Crippen LogP contribution in [0, 0.1) is 0 Å². The summed E-state index contributed by atoms with van der Waals surface area (Å²) in [6, 6.07) is 17.4. The van der Waals surface area contributed by atoms with Crippen LogP contribution in [0.5, 0.6) is 0 Å². The van der Waals surface area contributed by atoms with E-state index in [-0.39, 0.29) is 11.3 Å². The third kappa shape index (κ3) is 4.86. The van der Waals surface area contributed by atoms with Crippen LogP contribution in [-0.2, 0) is 13.6 Å². The van der Waals surface area contributed by atoms with Gasteiger partial charge in [0.05, 0.1) is 0 Å². The summed E-state index contributed by atoms with van der Waals surface area (Å²) in [6.45, 7) is 2.60. The van der Waals surface area contributed by atoms with Crippen LogP contribution < -0.4 is 10.6 Å². The van der Waals surface area contributed by atoms with Gasteiger partial charge in [-0.05, 0) is 30.2 Å². The number of aryl methyl sites for hydroxylation is 1. The first-order valence-electron chi connectivity index (χ1n) is 8.31. The molecule has 0 saturated carbocycles. The molecule has 0 radical (unpaired) electrons. The number of hydrogen-bond donors (Lipinski definition) is 2. The summed E-state index contributed by atoms with van der Waals surface area (Å²) in [4.78, 5) is 12.1. The van der Waals surface area contributed by atoms with Crippen molar-refractivity contribution >= 4 is 23.5 Å². The van der Waals surface area contributed by atoms with Crippen LogP contribution in [0.4, 0.5) is 10.5 Å². The summed E-state index contributed by atoms with van der Waals surface area (Å²) in [5.74, 6) is 0. The lowest BCUT2D eigenvalue weighted by Crippen LogP contribution is -2.28. The Morgan fingerprint density at radius 3 is 2.73 bits per heavy atom. The minimum absolute atomic E-state index is 0.187. The van der Waals surface area contributed by atoms with E-state index in [0.29, 0.717) is 6.54 Å².